The fourth-order valence-electron chi connectivity index (χ4n) is 3.40. The van der Waals surface area contributed by atoms with E-state index in [2.05, 4.69) is 53.4 Å². The van der Waals surface area contributed by atoms with Crippen LogP contribution < -0.4 is 9.64 Å². The highest BCUT2D eigenvalue weighted by Crippen LogP contribution is 2.45. The van der Waals surface area contributed by atoms with Gasteiger partial charge >= 0.3 is 0 Å². The lowest BCUT2D eigenvalue weighted by Gasteiger charge is -2.29. The zero-order valence-electron chi connectivity index (χ0n) is 13.4. The average Bonchev–Trinajstić information content (AvgIpc) is 3.02. The van der Waals surface area contributed by atoms with Crippen molar-refractivity contribution in [2.45, 2.75) is 19.3 Å². The van der Waals surface area contributed by atoms with Crippen molar-refractivity contribution in [3.05, 3.63) is 48.5 Å². The number of ether oxygens (including phenoxy) is 1. The van der Waals surface area contributed by atoms with Gasteiger partial charge in [-0.05, 0) is 55.2 Å². The van der Waals surface area contributed by atoms with Gasteiger partial charge in [-0.1, -0.05) is 18.2 Å². The van der Waals surface area contributed by atoms with E-state index in [1.54, 1.807) is 7.11 Å². The molecule has 4 rings (SSSR count). The van der Waals surface area contributed by atoms with Crippen molar-refractivity contribution >= 4 is 27.1 Å². The average molecular weight is 323 g/mol. The van der Waals surface area contributed by atoms with E-state index < -0.39 is 0 Å². The minimum Gasteiger partial charge on any atom is -0.497 e. The summed E-state index contributed by atoms with van der Waals surface area (Å²) in [5.41, 5.74) is 2.71. The highest BCUT2D eigenvalue weighted by molar-refractivity contribution is 7.23. The first-order chi connectivity index (χ1) is 11.4. The van der Waals surface area contributed by atoms with E-state index in [4.69, 9.17) is 4.74 Å². The van der Waals surface area contributed by atoms with Crippen LogP contribution >= 0.6 is 11.3 Å². The molecule has 1 aliphatic rings. The van der Waals surface area contributed by atoms with Crippen LogP contribution in [-0.4, -0.2) is 20.2 Å². The Morgan fingerprint density at radius 3 is 2.39 bits per heavy atom. The minimum atomic E-state index is 0.911. The molecule has 3 aromatic rings. The zero-order valence-corrected chi connectivity index (χ0v) is 14.2. The van der Waals surface area contributed by atoms with Gasteiger partial charge in [-0.3, -0.25) is 0 Å². The van der Waals surface area contributed by atoms with Gasteiger partial charge in [0.15, 0.2) is 0 Å². The van der Waals surface area contributed by atoms with E-state index in [0.717, 1.165) is 5.75 Å². The number of anilines is 1. The van der Waals surface area contributed by atoms with Crippen molar-refractivity contribution in [2.75, 3.05) is 25.1 Å². The molecule has 3 heteroatoms. The van der Waals surface area contributed by atoms with Crippen molar-refractivity contribution in [3.8, 4) is 16.2 Å². The lowest BCUT2D eigenvalue weighted by atomic mass is 10.1. The summed E-state index contributed by atoms with van der Waals surface area (Å²) >= 11 is 1.90. The zero-order chi connectivity index (χ0) is 15.6. The van der Waals surface area contributed by atoms with E-state index in [0.29, 0.717) is 0 Å². The normalized spacial score (nSPS) is 15.1. The van der Waals surface area contributed by atoms with Crippen LogP contribution in [0, 0.1) is 0 Å². The van der Waals surface area contributed by atoms with E-state index in [-0.39, 0.29) is 0 Å². The number of fused-ring (bicyclic) bond motifs is 1. The number of thiophene rings is 1. The van der Waals surface area contributed by atoms with E-state index in [1.165, 1.54) is 58.6 Å². The summed E-state index contributed by atoms with van der Waals surface area (Å²) in [7, 11) is 1.72. The molecule has 1 saturated heterocycles. The molecule has 0 atom stereocenters. The Morgan fingerprint density at radius 2 is 1.65 bits per heavy atom. The van der Waals surface area contributed by atoms with Crippen molar-refractivity contribution < 1.29 is 4.74 Å². The SMILES string of the molecule is COc1ccc(-c2sc3ccccc3c2N2CCCCC2)cc1. The summed E-state index contributed by atoms with van der Waals surface area (Å²) in [6.45, 7) is 2.34. The molecule has 0 unspecified atom stereocenters. The van der Waals surface area contributed by atoms with Crippen LogP contribution in [-0.2, 0) is 0 Å². The van der Waals surface area contributed by atoms with Gasteiger partial charge in [-0.15, -0.1) is 11.3 Å². The van der Waals surface area contributed by atoms with E-state index >= 15 is 0 Å². The van der Waals surface area contributed by atoms with Crippen LogP contribution in [0.2, 0.25) is 0 Å². The Morgan fingerprint density at radius 1 is 0.913 bits per heavy atom. The number of methoxy groups -OCH3 is 1. The van der Waals surface area contributed by atoms with Gasteiger partial charge in [0.2, 0.25) is 0 Å². The standard InChI is InChI=1S/C20H21NOS/c1-22-16-11-9-15(10-12-16)20-19(21-13-5-2-6-14-21)17-7-3-4-8-18(17)23-20/h3-4,7-12H,2,5-6,13-14H2,1H3. The Balaban J connectivity index is 1.86. The smallest absolute Gasteiger partial charge is 0.118 e. The second kappa shape index (κ2) is 6.25. The van der Waals surface area contributed by atoms with Crippen molar-refractivity contribution in [1.82, 2.24) is 0 Å². The van der Waals surface area contributed by atoms with Crippen LogP contribution in [0.1, 0.15) is 19.3 Å². The Kier molecular flexibility index (Phi) is 3.96. The predicted octanol–water partition coefficient (Wildman–Crippen LogP) is 5.57. The Bertz CT molecular complexity index is 800. The molecule has 0 aliphatic carbocycles. The largest absolute Gasteiger partial charge is 0.497 e. The second-order valence-corrected chi connectivity index (χ2v) is 7.10. The maximum Gasteiger partial charge on any atom is 0.118 e. The first-order valence-corrected chi connectivity index (χ1v) is 9.09. The third-order valence-electron chi connectivity index (χ3n) is 4.59. The van der Waals surface area contributed by atoms with Gasteiger partial charge in [-0.2, -0.15) is 0 Å². The number of benzene rings is 2. The van der Waals surface area contributed by atoms with E-state index in [1.807, 2.05) is 11.3 Å². The fraction of sp³-hybridized carbons (Fsp3) is 0.300. The van der Waals surface area contributed by atoms with Gasteiger partial charge in [0.05, 0.1) is 17.7 Å². The number of hydrogen-bond donors (Lipinski definition) is 0. The molecule has 0 radical (unpaired) electrons. The van der Waals surface area contributed by atoms with Gasteiger partial charge in [0, 0.05) is 23.2 Å². The summed E-state index contributed by atoms with van der Waals surface area (Å²) in [5, 5.41) is 1.39. The predicted molar refractivity (Wildman–Crippen MR) is 99.9 cm³/mol. The Labute approximate surface area is 141 Å². The molecule has 118 valence electrons. The molecular formula is C20H21NOS. The number of hydrogen-bond acceptors (Lipinski definition) is 3. The summed E-state index contributed by atoms with van der Waals surface area (Å²) in [6.07, 6.45) is 3.95. The summed E-state index contributed by atoms with van der Waals surface area (Å²) in [4.78, 5) is 3.97. The monoisotopic (exact) mass is 323 g/mol. The molecule has 0 N–H and O–H groups in total. The van der Waals surface area contributed by atoms with Crippen molar-refractivity contribution in [1.29, 1.82) is 0 Å². The third-order valence-corrected chi connectivity index (χ3v) is 5.80. The maximum absolute atomic E-state index is 5.30. The molecule has 2 heterocycles. The van der Waals surface area contributed by atoms with Crippen LogP contribution in [0.25, 0.3) is 20.5 Å². The molecule has 0 bridgehead atoms. The fourth-order valence-corrected chi connectivity index (χ4v) is 4.63. The van der Waals surface area contributed by atoms with Gasteiger partial charge in [0.1, 0.15) is 5.75 Å². The van der Waals surface area contributed by atoms with Crippen molar-refractivity contribution in [2.24, 2.45) is 0 Å². The number of nitrogens with zero attached hydrogens (tertiary/aromatic N) is 1. The molecule has 1 aromatic heterocycles. The molecule has 2 aromatic carbocycles. The molecule has 0 spiro atoms. The molecular weight excluding hydrogens is 302 g/mol. The van der Waals surface area contributed by atoms with Crippen LogP contribution in [0.15, 0.2) is 48.5 Å². The maximum atomic E-state index is 5.30. The van der Waals surface area contributed by atoms with Gasteiger partial charge in [0.25, 0.3) is 0 Å². The third kappa shape index (κ3) is 2.70. The first-order valence-electron chi connectivity index (χ1n) is 8.28. The first kappa shape index (κ1) is 14.6. The molecule has 1 fully saturated rings. The molecule has 2 nitrogen and oxygen atoms in total. The lowest BCUT2D eigenvalue weighted by Crippen LogP contribution is -2.29. The quantitative estimate of drug-likeness (QED) is 0.625. The summed E-state index contributed by atoms with van der Waals surface area (Å²) in [5.74, 6) is 0.911. The second-order valence-electron chi connectivity index (χ2n) is 6.05. The minimum absolute atomic E-state index is 0.911. The Hall–Kier alpha value is -2.00. The topological polar surface area (TPSA) is 12.5 Å². The molecule has 0 saturated carbocycles. The highest BCUT2D eigenvalue weighted by Gasteiger charge is 2.20. The number of rotatable bonds is 3. The van der Waals surface area contributed by atoms with Crippen LogP contribution in [0.3, 0.4) is 0 Å². The van der Waals surface area contributed by atoms with Crippen LogP contribution in [0.4, 0.5) is 5.69 Å². The molecule has 0 amide bonds. The summed E-state index contributed by atoms with van der Waals surface area (Å²) in [6, 6.07) is 17.3. The van der Waals surface area contributed by atoms with Gasteiger partial charge < -0.3 is 9.64 Å². The lowest BCUT2D eigenvalue weighted by molar-refractivity contribution is 0.415. The number of piperidine rings is 1. The van der Waals surface area contributed by atoms with E-state index in [9.17, 15) is 0 Å². The van der Waals surface area contributed by atoms with Crippen molar-refractivity contribution in [3.63, 3.8) is 0 Å². The summed E-state index contributed by atoms with van der Waals surface area (Å²) < 4.78 is 6.68. The molecule has 23 heavy (non-hydrogen) atoms. The van der Waals surface area contributed by atoms with Crippen LogP contribution in [0.5, 0.6) is 5.75 Å². The molecule has 1 aliphatic heterocycles. The highest BCUT2D eigenvalue weighted by atomic mass is 32.1. The van der Waals surface area contributed by atoms with Gasteiger partial charge in [-0.25, -0.2) is 0 Å².